The Morgan fingerprint density at radius 2 is 1.81 bits per heavy atom. The molecule has 0 aliphatic rings. The van der Waals surface area contributed by atoms with Gasteiger partial charge in [-0.15, -0.1) is 0 Å². The van der Waals surface area contributed by atoms with Gasteiger partial charge in [-0.05, 0) is 36.6 Å². The van der Waals surface area contributed by atoms with Gasteiger partial charge in [0, 0.05) is 11.6 Å². The third-order valence-electron chi connectivity index (χ3n) is 5.70. The second-order valence-corrected chi connectivity index (χ2v) is 8.87. The Morgan fingerprint density at radius 1 is 1.09 bits per heavy atom. The van der Waals surface area contributed by atoms with Crippen LogP contribution < -0.4 is 11.0 Å². The van der Waals surface area contributed by atoms with Gasteiger partial charge in [-0.25, -0.2) is 9.78 Å². The molecular weight excluding hydrogens is 419 g/mol. The maximum absolute atomic E-state index is 13.9. The quantitative estimate of drug-likeness (QED) is 0.386. The predicted octanol–water partition coefficient (Wildman–Crippen LogP) is 5.57. The number of hydrogen-bond donors (Lipinski definition) is 3. The number of anilines is 1. The Balaban J connectivity index is 2.00. The van der Waals surface area contributed by atoms with Crippen LogP contribution in [0.15, 0.2) is 53.6 Å². The lowest BCUT2D eigenvalue weighted by molar-refractivity contribution is -0.137. The molecule has 4 rings (SSSR count). The van der Waals surface area contributed by atoms with Crippen LogP contribution in [-0.2, 0) is 6.18 Å². The zero-order valence-corrected chi connectivity index (χ0v) is 18.1. The molecule has 2 aromatic carbocycles. The standard InChI is InChI=1S/C23H24F3N5O/c1-13(22(2,3)4)29-20-19(15-7-5-6-8-16(15)23(24,25)26)31(21(32)30-20)14-9-10-17-18(11-14)28-12-27-17/h5-13,29H,1-4H3,(H,27,28)(H,30,32). The molecule has 0 spiro atoms. The van der Waals surface area contributed by atoms with Gasteiger partial charge < -0.3 is 10.3 Å². The van der Waals surface area contributed by atoms with E-state index in [0.717, 1.165) is 6.07 Å². The molecule has 0 saturated heterocycles. The smallest absolute Gasteiger partial charge is 0.367 e. The van der Waals surface area contributed by atoms with Crippen LogP contribution in [-0.4, -0.2) is 25.6 Å². The van der Waals surface area contributed by atoms with Crippen LogP contribution in [0, 0.1) is 5.41 Å². The fourth-order valence-corrected chi connectivity index (χ4v) is 3.47. The highest BCUT2D eigenvalue weighted by molar-refractivity contribution is 5.80. The van der Waals surface area contributed by atoms with Crippen LogP contribution in [0.4, 0.5) is 19.0 Å². The number of rotatable bonds is 4. The second-order valence-electron chi connectivity index (χ2n) is 8.87. The van der Waals surface area contributed by atoms with E-state index in [1.807, 2.05) is 27.7 Å². The number of H-pyrrole nitrogens is 2. The van der Waals surface area contributed by atoms with Crippen molar-refractivity contribution in [2.24, 2.45) is 5.41 Å². The van der Waals surface area contributed by atoms with Crippen molar-refractivity contribution < 1.29 is 13.2 Å². The lowest BCUT2D eigenvalue weighted by atomic mass is 9.88. The molecule has 0 radical (unpaired) electrons. The first-order chi connectivity index (χ1) is 15.0. The van der Waals surface area contributed by atoms with Crippen molar-refractivity contribution in [1.82, 2.24) is 19.5 Å². The Bertz CT molecular complexity index is 1320. The molecule has 0 bridgehead atoms. The minimum atomic E-state index is -4.59. The molecule has 4 aromatic rings. The number of nitrogens with one attached hydrogen (secondary N) is 3. The van der Waals surface area contributed by atoms with Crippen molar-refractivity contribution in [2.75, 3.05) is 5.32 Å². The first kappa shape index (κ1) is 21.7. The van der Waals surface area contributed by atoms with Gasteiger partial charge >= 0.3 is 11.9 Å². The number of alkyl halides is 3. The third-order valence-corrected chi connectivity index (χ3v) is 5.70. The molecule has 0 fully saturated rings. The molecule has 0 aliphatic carbocycles. The zero-order chi connectivity index (χ0) is 23.3. The van der Waals surface area contributed by atoms with Gasteiger partial charge in [0.1, 0.15) is 5.82 Å². The maximum atomic E-state index is 13.9. The number of aromatic nitrogens is 4. The van der Waals surface area contributed by atoms with E-state index < -0.39 is 17.4 Å². The number of imidazole rings is 2. The first-order valence-electron chi connectivity index (χ1n) is 10.2. The van der Waals surface area contributed by atoms with E-state index in [0.29, 0.717) is 16.7 Å². The summed E-state index contributed by atoms with van der Waals surface area (Å²) in [6.45, 7) is 7.95. The molecule has 2 heterocycles. The van der Waals surface area contributed by atoms with Crippen LogP contribution >= 0.6 is 0 Å². The summed E-state index contributed by atoms with van der Waals surface area (Å²) in [6.07, 6.45) is -3.07. The van der Waals surface area contributed by atoms with Gasteiger partial charge in [-0.1, -0.05) is 39.0 Å². The fourth-order valence-electron chi connectivity index (χ4n) is 3.47. The van der Waals surface area contributed by atoms with Crippen LogP contribution in [0.25, 0.3) is 28.0 Å². The predicted molar refractivity (Wildman–Crippen MR) is 119 cm³/mol. The van der Waals surface area contributed by atoms with Crippen molar-refractivity contribution in [1.29, 1.82) is 0 Å². The normalized spacial score (nSPS) is 13.5. The monoisotopic (exact) mass is 443 g/mol. The molecule has 0 amide bonds. The van der Waals surface area contributed by atoms with E-state index in [4.69, 9.17) is 0 Å². The number of aromatic amines is 2. The molecule has 0 aliphatic heterocycles. The number of hydrogen-bond acceptors (Lipinski definition) is 3. The minimum absolute atomic E-state index is 0.0910. The maximum Gasteiger partial charge on any atom is 0.417 e. The van der Waals surface area contributed by atoms with Crippen LogP contribution in [0.5, 0.6) is 0 Å². The van der Waals surface area contributed by atoms with E-state index in [1.54, 1.807) is 18.2 Å². The van der Waals surface area contributed by atoms with Gasteiger partial charge in [0.2, 0.25) is 0 Å². The summed E-state index contributed by atoms with van der Waals surface area (Å²) in [4.78, 5) is 22.9. The summed E-state index contributed by atoms with van der Waals surface area (Å²) in [6, 6.07) is 10.2. The van der Waals surface area contributed by atoms with Gasteiger partial charge in [0.05, 0.1) is 34.3 Å². The number of nitrogens with zero attached hydrogens (tertiary/aromatic N) is 2. The highest BCUT2D eigenvalue weighted by atomic mass is 19.4. The van der Waals surface area contributed by atoms with Gasteiger partial charge in [0.25, 0.3) is 0 Å². The summed E-state index contributed by atoms with van der Waals surface area (Å²) in [5.41, 5.74) is 0.254. The van der Waals surface area contributed by atoms with E-state index in [1.165, 1.54) is 29.1 Å². The zero-order valence-electron chi connectivity index (χ0n) is 18.1. The summed E-state index contributed by atoms with van der Waals surface area (Å²) >= 11 is 0. The molecule has 0 saturated carbocycles. The van der Waals surface area contributed by atoms with Crippen molar-refractivity contribution in [2.45, 2.75) is 39.9 Å². The van der Waals surface area contributed by atoms with Crippen LogP contribution in [0.3, 0.4) is 0 Å². The lowest BCUT2D eigenvalue weighted by Crippen LogP contribution is -2.31. The van der Waals surface area contributed by atoms with E-state index >= 15 is 0 Å². The highest BCUT2D eigenvalue weighted by Gasteiger charge is 2.36. The highest BCUT2D eigenvalue weighted by Crippen LogP contribution is 2.40. The topological polar surface area (TPSA) is 78.5 Å². The van der Waals surface area contributed by atoms with Crippen molar-refractivity contribution in [3.8, 4) is 16.9 Å². The summed E-state index contributed by atoms with van der Waals surface area (Å²) < 4.78 is 42.9. The van der Waals surface area contributed by atoms with Crippen molar-refractivity contribution >= 4 is 16.9 Å². The van der Waals surface area contributed by atoms with Gasteiger partial charge in [0.15, 0.2) is 0 Å². The largest absolute Gasteiger partial charge is 0.417 e. The van der Waals surface area contributed by atoms with E-state index in [9.17, 15) is 18.0 Å². The van der Waals surface area contributed by atoms with E-state index in [-0.39, 0.29) is 28.5 Å². The molecule has 32 heavy (non-hydrogen) atoms. The summed E-state index contributed by atoms with van der Waals surface area (Å²) in [7, 11) is 0. The SMILES string of the molecule is CC(Nc1[nH]c(=O)n(-c2ccc3nc[nH]c3c2)c1-c1ccccc1C(F)(F)F)C(C)(C)C. The Kier molecular flexibility index (Phi) is 5.15. The number of halogens is 3. The molecule has 6 nitrogen and oxygen atoms in total. The first-order valence-corrected chi connectivity index (χ1v) is 10.2. The number of fused-ring (bicyclic) bond motifs is 1. The Morgan fingerprint density at radius 3 is 2.50 bits per heavy atom. The lowest BCUT2D eigenvalue weighted by Gasteiger charge is -2.29. The molecular formula is C23H24F3N5O. The molecule has 1 unspecified atom stereocenters. The van der Waals surface area contributed by atoms with Gasteiger partial charge in [-0.2, -0.15) is 13.2 Å². The molecule has 168 valence electrons. The Hall–Kier alpha value is -3.49. The summed E-state index contributed by atoms with van der Waals surface area (Å²) in [5.74, 6) is 0.235. The van der Waals surface area contributed by atoms with Crippen molar-refractivity contribution in [3.63, 3.8) is 0 Å². The van der Waals surface area contributed by atoms with E-state index in [2.05, 4.69) is 20.3 Å². The van der Waals surface area contributed by atoms with Gasteiger partial charge in [-0.3, -0.25) is 9.55 Å². The third kappa shape index (κ3) is 3.90. The Labute approximate surface area is 182 Å². The van der Waals surface area contributed by atoms with Crippen LogP contribution in [0.1, 0.15) is 33.3 Å². The second kappa shape index (κ2) is 7.58. The molecule has 9 heteroatoms. The molecule has 3 N–H and O–H groups in total. The average molecular weight is 443 g/mol. The fraction of sp³-hybridized carbons (Fsp3) is 0.304. The van der Waals surface area contributed by atoms with Crippen LogP contribution in [0.2, 0.25) is 0 Å². The minimum Gasteiger partial charge on any atom is -0.367 e. The molecule has 2 aromatic heterocycles. The average Bonchev–Trinajstić information content (AvgIpc) is 3.29. The summed E-state index contributed by atoms with van der Waals surface area (Å²) in [5, 5.41) is 3.23. The molecule has 1 atom stereocenters. The van der Waals surface area contributed by atoms with Crippen molar-refractivity contribution in [3.05, 3.63) is 64.8 Å². The number of benzene rings is 2.